The van der Waals surface area contributed by atoms with Crippen molar-refractivity contribution in [1.29, 1.82) is 0 Å². The zero-order chi connectivity index (χ0) is 17.1. The zero-order valence-corrected chi connectivity index (χ0v) is 14.5. The van der Waals surface area contributed by atoms with Gasteiger partial charge in [-0.15, -0.1) is 0 Å². The SMILES string of the molecule is Cc1cc2oc(=O)cc(C[NH2+]C[C@@H](C)c3ccccc3)c2cc1C. The van der Waals surface area contributed by atoms with Gasteiger partial charge in [0.1, 0.15) is 12.1 Å². The minimum absolute atomic E-state index is 0.273. The number of rotatable bonds is 5. The summed E-state index contributed by atoms with van der Waals surface area (Å²) < 4.78 is 5.37. The highest BCUT2D eigenvalue weighted by Crippen LogP contribution is 2.21. The van der Waals surface area contributed by atoms with Crippen molar-refractivity contribution in [1.82, 2.24) is 0 Å². The molecule has 3 aromatic rings. The number of aryl methyl sites for hydroxylation is 2. The number of nitrogens with two attached hydrogens (primary N) is 1. The fourth-order valence-corrected chi connectivity index (χ4v) is 3.06. The maximum atomic E-state index is 11.8. The third-order valence-electron chi connectivity index (χ3n) is 4.70. The van der Waals surface area contributed by atoms with E-state index in [0.717, 1.165) is 29.6 Å². The number of hydrogen-bond donors (Lipinski definition) is 1. The molecule has 0 aliphatic carbocycles. The average molecular weight is 322 g/mol. The van der Waals surface area contributed by atoms with E-state index in [2.05, 4.69) is 49.5 Å². The molecule has 3 rings (SSSR count). The largest absolute Gasteiger partial charge is 0.423 e. The first-order valence-corrected chi connectivity index (χ1v) is 8.45. The van der Waals surface area contributed by atoms with Crippen molar-refractivity contribution >= 4 is 11.0 Å². The lowest BCUT2D eigenvalue weighted by atomic mass is 10.0. The third-order valence-corrected chi connectivity index (χ3v) is 4.70. The van der Waals surface area contributed by atoms with Crippen molar-refractivity contribution in [3.8, 4) is 0 Å². The Morgan fingerprint density at radius 3 is 2.50 bits per heavy atom. The predicted octanol–water partition coefficient (Wildman–Crippen LogP) is 3.28. The Kier molecular flexibility index (Phi) is 4.81. The Bertz CT molecular complexity index is 897. The molecular formula is C21H24NO2+. The van der Waals surface area contributed by atoms with Crippen LogP contribution in [-0.2, 0) is 6.54 Å². The number of quaternary nitrogens is 1. The smallest absolute Gasteiger partial charge is 0.336 e. The second kappa shape index (κ2) is 7.02. The maximum absolute atomic E-state index is 11.8. The Morgan fingerprint density at radius 2 is 1.75 bits per heavy atom. The Hall–Kier alpha value is -2.39. The van der Waals surface area contributed by atoms with Gasteiger partial charge in [0.2, 0.25) is 0 Å². The van der Waals surface area contributed by atoms with Crippen LogP contribution in [-0.4, -0.2) is 6.54 Å². The van der Waals surface area contributed by atoms with E-state index in [9.17, 15) is 4.79 Å². The average Bonchev–Trinajstić information content (AvgIpc) is 2.57. The first-order valence-electron chi connectivity index (χ1n) is 8.45. The van der Waals surface area contributed by atoms with Crippen LogP contribution in [0.4, 0.5) is 0 Å². The van der Waals surface area contributed by atoms with Crippen molar-refractivity contribution in [3.05, 3.63) is 81.2 Å². The van der Waals surface area contributed by atoms with Crippen LogP contribution < -0.4 is 10.9 Å². The molecule has 0 saturated carbocycles. The van der Waals surface area contributed by atoms with Crippen molar-refractivity contribution in [3.63, 3.8) is 0 Å². The van der Waals surface area contributed by atoms with Gasteiger partial charge in [0.25, 0.3) is 0 Å². The molecule has 1 atom stereocenters. The molecule has 0 fully saturated rings. The van der Waals surface area contributed by atoms with Crippen molar-refractivity contribution in [2.45, 2.75) is 33.2 Å². The molecule has 24 heavy (non-hydrogen) atoms. The topological polar surface area (TPSA) is 46.8 Å². The molecule has 0 spiro atoms. The Morgan fingerprint density at radius 1 is 1.04 bits per heavy atom. The van der Waals surface area contributed by atoms with Gasteiger partial charge in [0.05, 0.1) is 6.54 Å². The van der Waals surface area contributed by atoms with Crippen LogP contribution in [0, 0.1) is 13.8 Å². The van der Waals surface area contributed by atoms with E-state index in [1.807, 2.05) is 19.1 Å². The van der Waals surface area contributed by atoms with Crippen LogP contribution in [0.5, 0.6) is 0 Å². The molecule has 0 saturated heterocycles. The Balaban J connectivity index is 1.78. The first-order chi connectivity index (χ1) is 11.5. The van der Waals surface area contributed by atoms with E-state index in [1.54, 1.807) is 6.07 Å². The molecule has 1 heterocycles. The lowest BCUT2D eigenvalue weighted by molar-refractivity contribution is -0.672. The Labute approximate surface area is 142 Å². The molecule has 124 valence electrons. The fourth-order valence-electron chi connectivity index (χ4n) is 3.06. The maximum Gasteiger partial charge on any atom is 0.336 e. The minimum Gasteiger partial charge on any atom is -0.423 e. The third kappa shape index (κ3) is 3.57. The van der Waals surface area contributed by atoms with Crippen LogP contribution in [0.15, 0.2) is 57.7 Å². The van der Waals surface area contributed by atoms with E-state index in [1.165, 1.54) is 11.1 Å². The van der Waals surface area contributed by atoms with Crippen LogP contribution in [0.3, 0.4) is 0 Å². The number of benzene rings is 2. The van der Waals surface area contributed by atoms with Gasteiger partial charge in [-0.3, -0.25) is 0 Å². The fraction of sp³-hybridized carbons (Fsp3) is 0.286. The van der Waals surface area contributed by atoms with Gasteiger partial charge in [0.15, 0.2) is 0 Å². The highest BCUT2D eigenvalue weighted by molar-refractivity contribution is 5.81. The standard InChI is InChI=1S/C21H23NO2/c1-14-9-19-18(11-21(23)24-20(19)10-15(14)2)13-22-12-16(3)17-7-5-4-6-8-17/h4-11,16,22H,12-13H2,1-3H3/p+1/t16-/m1/s1. The van der Waals surface area contributed by atoms with Crippen molar-refractivity contribution in [2.24, 2.45) is 0 Å². The molecule has 1 aromatic heterocycles. The highest BCUT2D eigenvalue weighted by atomic mass is 16.4. The summed E-state index contributed by atoms with van der Waals surface area (Å²) in [7, 11) is 0. The monoisotopic (exact) mass is 322 g/mol. The molecule has 0 aliphatic rings. The lowest BCUT2D eigenvalue weighted by Gasteiger charge is -2.11. The summed E-state index contributed by atoms with van der Waals surface area (Å²) in [5.41, 5.74) is 5.16. The summed E-state index contributed by atoms with van der Waals surface area (Å²) in [5, 5.41) is 3.31. The number of fused-ring (bicyclic) bond motifs is 1. The first kappa shape index (κ1) is 16.5. The second-order valence-corrected chi connectivity index (χ2v) is 6.56. The second-order valence-electron chi connectivity index (χ2n) is 6.56. The molecule has 3 nitrogen and oxygen atoms in total. The van der Waals surface area contributed by atoms with Gasteiger partial charge in [-0.1, -0.05) is 37.3 Å². The zero-order valence-electron chi connectivity index (χ0n) is 14.5. The van der Waals surface area contributed by atoms with Gasteiger partial charge in [-0.05, 0) is 42.7 Å². The molecule has 0 aliphatic heterocycles. The number of hydrogen-bond acceptors (Lipinski definition) is 2. The van der Waals surface area contributed by atoms with E-state index in [0.29, 0.717) is 11.5 Å². The van der Waals surface area contributed by atoms with E-state index in [-0.39, 0.29) is 5.63 Å². The van der Waals surface area contributed by atoms with Gasteiger partial charge in [0, 0.05) is 22.9 Å². The van der Waals surface area contributed by atoms with E-state index < -0.39 is 0 Å². The molecule has 0 bridgehead atoms. The summed E-state index contributed by atoms with van der Waals surface area (Å²) in [6.07, 6.45) is 0. The summed E-state index contributed by atoms with van der Waals surface area (Å²) in [6.45, 7) is 8.12. The quantitative estimate of drug-likeness (QED) is 0.733. The van der Waals surface area contributed by atoms with Crippen LogP contribution >= 0.6 is 0 Å². The predicted molar refractivity (Wildman–Crippen MR) is 97.3 cm³/mol. The molecule has 2 N–H and O–H groups in total. The van der Waals surface area contributed by atoms with Crippen LogP contribution in [0.2, 0.25) is 0 Å². The molecule has 3 heteroatoms. The summed E-state index contributed by atoms with van der Waals surface area (Å²) in [6, 6.07) is 16.2. The van der Waals surface area contributed by atoms with Gasteiger partial charge in [-0.2, -0.15) is 0 Å². The minimum atomic E-state index is -0.273. The van der Waals surface area contributed by atoms with Crippen LogP contribution in [0.1, 0.15) is 35.1 Å². The van der Waals surface area contributed by atoms with E-state index in [4.69, 9.17) is 4.42 Å². The molecule has 2 aromatic carbocycles. The van der Waals surface area contributed by atoms with Crippen molar-refractivity contribution < 1.29 is 9.73 Å². The van der Waals surface area contributed by atoms with Gasteiger partial charge in [-0.25, -0.2) is 4.79 Å². The normalized spacial score (nSPS) is 12.5. The molecular weight excluding hydrogens is 298 g/mol. The van der Waals surface area contributed by atoms with Gasteiger partial charge < -0.3 is 9.73 Å². The van der Waals surface area contributed by atoms with Crippen LogP contribution in [0.25, 0.3) is 11.0 Å². The summed E-state index contributed by atoms with van der Waals surface area (Å²) in [4.78, 5) is 11.8. The van der Waals surface area contributed by atoms with E-state index >= 15 is 0 Å². The lowest BCUT2D eigenvalue weighted by Crippen LogP contribution is -2.83. The summed E-state index contributed by atoms with van der Waals surface area (Å²) >= 11 is 0. The van der Waals surface area contributed by atoms with Gasteiger partial charge >= 0.3 is 5.63 Å². The van der Waals surface area contributed by atoms with Crippen molar-refractivity contribution in [2.75, 3.05) is 6.54 Å². The molecule has 0 unspecified atom stereocenters. The molecule has 0 amide bonds. The summed E-state index contributed by atoms with van der Waals surface area (Å²) in [5.74, 6) is 0.474. The molecule has 0 radical (unpaired) electrons. The highest BCUT2D eigenvalue weighted by Gasteiger charge is 2.11.